The predicted molar refractivity (Wildman–Crippen MR) is 129 cm³/mol. The Bertz CT molecular complexity index is 1250. The minimum atomic E-state index is -0.302. The van der Waals surface area contributed by atoms with Crippen LogP contribution in [0.4, 0.5) is 5.00 Å². The molecule has 2 N–H and O–H groups in total. The molecule has 0 saturated carbocycles. The van der Waals surface area contributed by atoms with Crippen LogP contribution in [0.5, 0.6) is 0 Å². The van der Waals surface area contributed by atoms with Gasteiger partial charge in [0, 0.05) is 11.9 Å². The average molecular weight is 501 g/mol. The number of nitrogens with zero attached hydrogens (tertiary/aromatic N) is 4. The van der Waals surface area contributed by atoms with Crippen molar-refractivity contribution in [3.8, 4) is 6.07 Å². The summed E-state index contributed by atoms with van der Waals surface area (Å²) in [5.74, 6) is 0.178. The van der Waals surface area contributed by atoms with Gasteiger partial charge in [0.15, 0.2) is 11.0 Å². The smallest absolute Gasteiger partial charge is 0.253 e. The number of carbonyl (C=O) groups excluding carboxylic acids is 2. The molecule has 0 unspecified atom stereocenters. The number of hydrogen-bond donors (Lipinski definition) is 2. The SMILES string of the molecule is Cn1c(CNC(=O)c2ccccc2Cl)nnc1SCC(=O)Nc1sc2c(c1C#N)CCCC2. The van der Waals surface area contributed by atoms with E-state index in [2.05, 4.69) is 26.9 Å². The fraction of sp³-hybridized carbons (Fsp3) is 0.318. The van der Waals surface area contributed by atoms with Crippen LogP contribution in [-0.2, 0) is 31.2 Å². The highest BCUT2D eigenvalue weighted by molar-refractivity contribution is 7.99. The number of anilines is 1. The van der Waals surface area contributed by atoms with Crippen LogP contribution in [0.15, 0.2) is 29.4 Å². The number of rotatable bonds is 7. The van der Waals surface area contributed by atoms with Crippen LogP contribution in [0.2, 0.25) is 5.02 Å². The van der Waals surface area contributed by atoms with E-state index in [9.17, 15) is 14.9 Å². The molecule has 0 spiro atoms. The molecule has 4 rings (SSSR count). The molecule has 1 aliphatic rings. The number of aryl methyl sites for hydroxylation is 1. The van der Waals surface area contributed by atoms with E-state index in [1.165, 1.54) is 28.0 Å². The van der Waals surface area contributed by atoms with Crippen molar-refractivity contribution >= 4 is 51.5 Å². The Labute approximate surface area is 204 Å². The Balaban J connectivity index is 1.33. The lowest BCUT2D eigenvalue weighted by Crippen LogP contribution is -2.24. The molecule has 3 aromatic rings. The molecular formula is C22H21ClN6O2S2. The van der Waals surface area contributed by atoms with Crippen molar-refractivity contribution in [1.82, 2.24) is 20.1 Å². The lowest BCUT2D eigenvalue weighted by Gasteiger charge is -2.09. The summed E-state index contributed by atoms with van der Waals surface area (Å²) in [4.78, 5) is 26.1. The second kappa shape index (κ2) is 10.4. The van der Waals surface area contributed by atoms with E-state index < -0.39 is 0 Å². The first-order valence-corrected chi connectivity index (χ1v) is 12.5. The summed E-state index contributed by atoms with van der Waals surface area (Å²) in [6, 6.07) is 9.06. The number of fused-ring (bicyclic) bond motifs is 1. The highest BCUT2D eigenvalue weighted by atomic mass is 35.5. The van der Waals surface area contributed by atoms with Crippen LogP contribution in [0, 0.1) is 11.3 Å². The summed E-state index contributed by atoms with van der Waals surface area (Å²) in [6.07, 6.45) is 4.06. The summed E-state index contributed by atoms with van der Waals surface area (Å²) in [5.41, 5.74) is 2.08. The van der Waals surface area contributed by atoms with Crippen LogP contribution in [0.1, 0.15) is 45.0 Å². The maximum Gasteiger partial charge on any atom is 0.253 e. The number of aromatic nitrogens is 3. The van der Waals surface area contributed by atoms with Crippen molar-refractivity contribution < 1.29 is 9.59 Å². The first-order chi connectivity index (χ1) is 16.0. The zero-order valence-electron chi connectivity index (χ0n) is 17.9. The van der Waals surface area contributed by atoms with Crippen LogP contribution in [0.25, 0.3) is 0 Å². The number of thiophene rings is 1. The van der Waals surface area contributed by atoms with E-state index in [-0.39, 0.29) is 24.1 Å². The van der Waals surface area contributed by atoms with E-state index in [1.54, 1.807) is 35.9 Å². The Morgan fingerprint density at radius 2 is 2.06 bits per heavy atom. The molecule has 11 heteroatoms. The molecule has 0 fully saturated rings. The molecule has 0 radical (unpaired) electrons. The Morgan fingerprint density at radius 3 is 2.85 bits per heavy atom. The van der Waals surface area contributed by atoms with E-state index in [0.29, 0.717) is 32.1 Å². The molecule has 170 valence electrons. The average Bonchev–Trinajstić information content (AvgIpc) is 3.35. The molecule has 0 aliphatic heterocycles. The van der Waals surface area contributed by atoms with Crippen LogP contribution in [-0.4, -0.2) is 32.3 Å². The fourth-order valence-electron chi connectivity index (χ4n) is 3.59. The third-order valence-electron chi connectivity index (χ3n) is 5.32. The van der Waals surface area contributed by atoms with Crippen molar-refractivity contribution in [2.75, 3.05) is 11.1 Å². The lowest BCUT2D eigenvalue weighted by molar-refractivity contribution is -0.113. The van der Waals surface area contributed by atoms with Gasteiger partial charge in [0.2, 0.25) is 5.91 Å². The molecule has 1 aromatic carbocycles. The maximum absolute atomic E-state index is 12.5. The van der Waals surface area contributed by atoms with Gasteiger partial charge in [-0.05, 0) is 43.4 Å². The quantitative estimate of drug-likeness (QED) is 0.475. The molecule has 2 aromatic heterocycles. The molecule has 0 bridgehead atoms. The van der Waals surface area contributed by atoms with Gasteiger partial charge in [-0.3, -0.25) is 9.59 Å². The standard InChI is InChI=1S/C22H21ClN6O2S2/c1-29-18(11-25-20(31)14-7-2-4-8-16(14)23)27-28-22(29)32-12-19(30)26-21-15(10-24)13-6-3-5-9-17(13)33-21/h2,4,7-8H,3,5-6,9,11-12H2,1H3,(H,25,31)(H,26,30). The van der Waals surface area contributed by atoms with Crippen molar-refractivity contribution in [3.63, 3.8) is 0 Å². The number of thioether (sulfide) groups is 1. The summed E-state index contributed by atoms with van der Waals surface area (Å²) in [5, 5.41) is 25.0. The van der Waals surface area contributed by atoms with Crippen molar-refractivity contribution in [2.24, 2.45) is 7.05 Å². The van der Waals surface area contributed by atoms with Crippen LogP contribution >= 0.6 is 34.7 Å². The normalized spacial score (nSPS) is 12.6. The van der Waals surface area contributed by atoms with Gasteiger partial charge in [0.1, 0.15) is 11.1 Å². The summed E-state index contributed by atoms with van der Waals surface area (Å²) >= 11 is 8.81. The van der Waals surface area contributed by atoms with Gasteiger partial charge < -0.3 is 15.2 Å². The van der Waals surface area contributed by atoms with Gasteiger partial charge in [-0.15, -0.1) is 21.5 Å². The second-order valence-electron chi connectivity index (χ2n) is 7.48. The molecular weight excluding hydrogens is 480 g/mol. The van der Waals surface area contributed by atoms with Crippen molar-refractivity contribution in [3.05, 3.63) is 56.7 Å². The Hall–Kier alpha value is -2.87. The molecule has 0 atom stereocenters. The minimum Gasteiger partial charge on any atom is -0.345 e. The summed E-state index contributed by atoms with van der Waals surface area (Å²) < 4.78 is 1.73. The van der Waals surface area contributed by atoms with Gasteiger partial charge in [-0.2, -0.15) is 5.26 Å². The Morgan fingerprint density at radius 1 is 1.27 bits per heavy atom. The predicted octanol–water partition coefficient (Wildman–Crippen LogP) is 3.94. The highest BCUT2D eigenvalue weighted by Gasteiger charge is 2.22. The molecule has 33 heavy (non-hydrogen) atoms. The van der Waals surface area contributed by atoms with Crippen LogP contribution in [0.3, 0.4) is 0 Å². The van der Waals surface area contributed by atoms with Crippen molar-refractivity contribution in [1.29, 1.82) is 5.26 Å². The van der Waals surface area contributed by atoms with E-state index in [4.69, 9.17) is 11.6 Å². The highest BCUT2D eigenvalue weighted by Crippen LogP contribution is 2.37. The molecule has 8 nitrogen and oxygen atoms in total. The first kappa shape index (κ1) is 23.3. The van der Waals surface area contributed by atoms with Gasteiger partial charge in [0.05, 0.1) is 28.4 Å². The van der Waals surface area contributed by atoms with Gasteiger partial charge in [-0.1, -0.05) is 35.5 Å². The maximum atomic E-state index is 12.5. The van der Waals surface area contributed by atoms with E-state index >= 15 is 0 Å². The van der Waals surface area contributed by atoms with Crippen molar-refractivity contribution in [2.45, 2.75) is 37.4 Å². The topological polar surface area (TPSA) is 113 Å². The third kappa shape index (κ3) is 5.21. The number of hydrogen-bond acceptors (Lipinski definition) is 7. The molecule has 0 saturated heterocycles. The third-order valence-corrected chi connectivity index (χ3v) is 7.88. The Kier molecular flexibility index (Phi) is 7.33. The van der Waals surface area contributed by atoms with E-state index in [0.717, 1.165) is 31.2 Å². The lowest BCUT2D eigenvalue weighted by atomic mass is 9.96. The fourth-order valence-corrected chi connectivity index (χ4v) is 5.80. The number of amides is 2. The molecule has 2 heterocycles. The number of nitriles is 1. The first-order valence-electron chi connectivity index (χ1n) is 10.4. The van der Waals surface area contributed by atoms with Crippen LogP contribution < -0.4 is 10.6 Å². The number of benzene rings is 1. The number of nitrogens with one attached hydrogen (secondary N) is 2. The zero-order valence-corrected chi connectivity index (χ0v) is 20.2. The minimum absolute atomic E-state index is 0.130. The number of halogens is 1. The summed E-state index contributed by atoms with van der Waals surface area (Å²) in [6.45, 7) is 0.173. The number of carbonyl (C=O) groups is 2. The monoisotopic (exact) mass is 500 g/mol. The second-order valence-corrected chi connectivity index (χ2v) is 9.94. The van der Waals surface area contributed by atoms with Gasteiger partial charge in [-0.25, -0.2) is 0 Å². The zero-order chi connectivity index (χ0) is 23.4. The molecule has 2 amide bonds. The van der Waals surface area contributed by atoms with Gasteiger partial charge in [0.25, 0.3) is 5.91 Å². The van der Waals surface area contributed by atoms with Gasteiger partial charge >= 0.3 is 0 Å². The van der Waals surface area contributed by atoms with E-state index in [1.807, 2.05) is 0 Å². The molecule has 1 aliphatic carbocycles. The summed E-state index contributed by atoms with van der Waals surface area (Å²) in [7, 11) is 1.78. The largest absolute Gasteiger partial charge is 0.345 e.